The number of rotatable bonds is 1. The zero-order valence-electron chi connectivity index (χ0n) is 6.36. The Labute approximate surface area is 65.1 Å². The van der Waals surface area contributed by atoms with Crippen LogP contribution in [0.4, 0.5) is 0 Å². The maximum absolute atomic E-state index is 9.80. The van der Waals surface area contributed by atoms with Crippen LogP contribution in [0.2, 0.25) is 0 Å². The summed E-state index contributed by atoms with van der Waals surface area (Å²) in [6.45, 7) is 2.03. The number of hydrogen-bond donors (Lipinski definition) is 1. The molecule has 0 radical (unpaired) electrons. The lowest BCUT2D eigenvalue weighted by Crippen LogP contribution is -2.07. The molecule has 58 valence electrons. The highest BCUT2D eigenvalue weighted by Crippen LogP contribution is 2.50. The van der Waals surface area contributed by atoms with Crippen molar-refractivity contribution < 1.29 is 5.11 Å². The van der Waals surface area contributed by atoms with Gasteiger partial charge in [-0.2, -0.15) is 10.2 Å². The molecule has 1 fully saturated rings. The van der Waals surface area contributed by atoms with E-state index < -0.39 is 5.60 Å². The normalized spacial score (nSPS) is 35.3. The fraction of sp³-hybridized carbons (Fsp3) is 0.500. The van der Waals surface area contributed by atoms with Gasteiger partial charge < -0.3 is 5.11 Å². The fourth-order valence-corrected chi connectivity index (χ4v) is 1.36. The summed E-state index contributed by atoms with van der Waals surface area (Å²) in [6.07, 6.45) is 4.08. The highest BCUT2D eigenvalue weighted by Gasteiger charge is 2.51. The van der Waals surface area contributed by atoms with E-state index in [-0.39, 0.29) is 0 Å². The molecule has 3 nitrogen and oxygen atoms in total. The Kier molecular flexibility index (Phi) is 1.23. The van der Waals surface area contributed by atoms with E-state index in [1.807, 2.05) is 13.0 Å². The molecule has 0 aromatic carbocycles. The zero-order valence-corrected chi connectivity index (χ0v) is 6.36. The van der Waals surface area contributed by atoms with Crippen LogP contribution in [-0.4, -0.2) is 15.3 Å². The second-order valence-corrected chi connectivity index (χ2v) is 3.16. The van der Waals surface area contributed by atoms with E-state index in [0.29, 0.717) is 5.92 Å². The summed E-state index contributed by atoms with van der Waals surface area (Å²) in [4.78, 5) is 0. The van der Waals surface area contributed by atoms with Gasteiger partial charge in [-0.3, -0.25) is 0 Å². The van der Waals surface area contributed by atoms with Crippen molar-refractivity contribution in [2.45, 2.75) is 18.9 Å². The van der Waals surface area contributed by atoms with Crippen LogP contribution in [0.25, 0.3) is 0 Å². The minimum atomic E-state index is -0.601. The summed E-state index contributed by atoms with van der Waals surface area (Å²) in [6, 6.07) is 1.82. The first-order valence-electron chi connectivity index (χ1n) is 3.73. The number of nitrogens with zero attached hydrogens (tertiary/aromatic N) is 2. The quantitative estimate of drug-likeness (QED) is 0.641. The smallest absolute Gasteiger partial charge is 0.0942 e. The molecule has 2 atom stereocenters. The van der Waals surface area contributed by atoms with Gasteiger partial charge in [0.05, 0.1) is 11.8 Å². The van der Waals surface area contributed by atoms with E-state index in [9.17, 15) is 5.11 Å². The van der Waals surface area contributed by atoms with Gasteiger partial charge in [0, 0.05) is 11.8 Å². The molecule has 0 aliphatic heterocycles. The lowest BCUT2D eigenvalue weighted by atomic mass is 10.1. The van der Waals surface area contributed by atoms with Crippen molar-refractivity contribution >= 4 is 0 Å². The van der Waals surface area contributed by atoms with Crippen LogP contribution in [0.5, 0.6) is 0 Å². The van der Waals surface area contributed by atoms with Crippen LogP contribution in [0.1, 0.15) is 18.9 Å². The van der Waals surface area contributed by atoms with E-state index in [1.54, 1.807) is 12.4 Å². The molecule has 0 saturated heterocycles. The average Bonchev–Trinajstić information content (AvgIpc) is 2.64. The molecule has 1 N–H and O–H groups in total. The summed E-state index contributed by atoms with van der Waals surface area (Å²) < 4.78 is 0. The molecule has 0 bridgehead atoms. The molecule has 1 aliphatic carbocycles. The highest BCUT2D eigenvalue weighted by molar-refractivity contribution is 5.24. The number of aromatic nitrogens is 2. The van der Waals surface area contributed by atoms with Crippen LogP contribution in [0.3, 0.4) is 0 Å². The Morgan fingerprint density at radius 1 is 1.64 bits per heavy atom. The van der Waals surface area contributed by atoms with Crippen LogP contribution < -0.4 is 0 Å². The van der Waals surface area contributed by atoms with Gasteiger partial charge in [-0.05, 0) is 18.4 Å². The van der Waals surface area contributed by atoms with Crippen molar-refractivity contribution in [2.24, 2.45) is 5.92 Å². The molecule has 3 heteroatoms. The second kappa shape index (κ2) is 2.01. The Morgan fingerprint density at radius 2 is 2.36 bits per heavy atom. The summed E-state index contributed by atoms with van der Waals surface area (Å²) in [5.74, 6) is 0.367. The maximum Gasteiger partial charge on any atom is 0.0942 e. The maximum atomic E-state index is 9.80. The largest absolute Gasteiger partial charge is 0.385 e. The SMILES string of the molecule is CC1CC1(O)c1ccnnc1. The molecule has 11 heavy (non-hydrogen) atoms. The van der Waals surface area contributed by atoms with E-state index in [2.05, 4.69) is 10.2 Å². The van der Waals surface area contributed by atoms with Crippen LogP contribution >= 0.6 is 0 Å². The van der Waals surface area contributed by atoms with Crippen molar-refractivity contribution in [3.63, 3.8) is 0 Å². The first-order chi connectivity index (χ1) is 5.23. The monoisotopic (exact) mass is 150 g/mol. The minimum absolute atomic E-state index is 0.367. The Hall–Kier alpha value is -0.960. The summed E-state index contributed by atoms with van der Waals surface area (Å²) in [7, 11) is 0. The molecule has 1 saturated carbocycles. The predicted octanol–water partition coefficient (Wildman–Crippen LogP) is 0.704. The van der Waals surface area contributed by atoms with Gasteiger partial charge in [0.15, 0.2) is 0 Å². The average molecular weight is 150 g/mol. The third kappa shape index (κ3) is 0.922. The summed E-state index contributed by atoms with van der Waals surface area (Å²) in [5.41, 5.74) is 0.288. The van der Waals surface area contributed by atoms with Crippen molar-refractivity contribution in [1.82, 2.24) is 10.2 Å². The van der Waals surface area contributed by atoms with Gasteiger partial charge in [-0.1, -0.05) is 6.92 Å². The van der Waals surface area contributed by atoms with Crippen molar-refractivity contribution in [3.8, 4) is 0 Å². The Balaban J connectivity index is 2.32. The number of hydrogen-bond acceptors (Lipinski definition) is 3. The van der Waals surface area contributed by atoms with Gasteiger partial charge in [0.25, 0.3) is 0 Å². The summed E-state index contributed by atoms with van der Waals surface area (Å²) >= 11 is 0. The van der Waals surface area contributed by atoms with Crippen molar-refractivity contribution in [1.29, 1.82) is 0 Å². The lowest BCUT2D eigenvalue weighted by Gasteiger charge is -2.06. The lowest BCUT2D eigenvalue weighted by molar-refractivity contribution is 0.134. The Morgan fingerprint density at radius 3 is 2.82 bits per heavy atom. The molecule has 2 unspecified atom stereocenters. The minimum Gasteiger partial charge on any atom is -0.385 e. The molecular formula is C8H10N2O. The predicted molar refractivity (Wildman–Crippen MR) is 39.7 cm³/mol. The van der Waals surface area contributed by atoms with Gasteiger partial charge in [-0.25, -0.2) is 0 Å². The molecule has 1 heterocycles. The van der Waals surface area contributed by atoms with Gasteiger partial charge in [0.1, 0.15) is 0 Å². The van der Waals surface area contributed by atoms with Crippen LogP contribution in [-0.2, 0) is 5.60 Å². The Bertz CT molecular complexity index is 262. The molecule has 0 spiro atoms. The molecule has 1 aromatic rings. The second-order valence-electron chi connectivity index (χ2n) is 3.16. The summed E-state index contributed by atoms with van der Waals surface area (Å²) in [5, 5.41) is 17.2. The zero-order chi connectivity index (χ0) is 7.90. The first kappa shape index (κ1) is 6.73. The van der Waals surface area contributed by atoms with Gasteiger partial charge >= 0.3 is 0 Å². The third-order valence-corrected chi connectivity index (χ3v) is 2.36. The van der Waals surface area contributed by atoms with Crippen LogP contribution in [0.15, 0.2) is 18.5 Å². The molecule has 0 amide bonds. The van der Waals surface area contributed by atoms with E-state index >= 15 is 0 Å². The van der Waals surface area contributed by atoms with Crippen LogP contribution in [0, 0.1) is 5.92 Å². The molecule has 2 rings (SSSR count). The van der Waals surface area contributed by atoms with Crippen molar-refractivity contribution in [2.75, 3.05) is 0 Å². The van der Waals surface area contributed by atoms with E-state index in [1.165, 1.54) is 0 Å². The molecule has 1 aromatic heterocycles. The number of aliphatic hydroxyl groups is 1. The topological polar surface area (TPSA) is 46.0 Å². The molecule has 1 aliphatic rings. The fourth-order valence-electron chi connectivity index (χ4n) is 1.36. The van der Waals surface area contributed by atoms with Gasteiger partial charge in [-0.15, -0.1) is 0 Å². The first-order valence-corrected chi connectivity index (χ1v) is 3.73. The van der Waals surface area contributed by atoms with E-state index in [4.69, 9.17) is 0 Å². The van der Waals surface area contributed by atoms with E-state index in [0.717, 1.165) is 12.0 Å². The van der Waals surface area contributed by atoms with Crippen molar-refractivity contribution in [3.05, 3.63) is 24.0 Å². The van der Waals surface area contributed by atoms with Gasteiger partial charge in [0.2, 0.25) is 0 Å². The molecular weight excluding hydrogens is 140 g/mol. The standard InChI is InChI=1S/C8H10N2O/c1-6-4-8(6,11)7-2-3-9-10-5-7/h2-3,5-6,11H,4H2,1H3. The third-order valence-electron chi connectivity index (χ3n) is 2.36. The highest BCUT2D eigenvalue weighted by atomic mass is 16.3.